The number of urea groups is 1. The number of hydrogen-bond donors (Lipinski definition) is 2. The maximum atomic E-state index is 12.6. The van der Waals surface area contributed by atoms with Crippen molar-refractivity contribution in [2.24, 2.45) is 5.92 Å². The second kappa shape index (κ2) is 9.68. The summed E-state index contributed by atoms with van der Waals surface area (Å²) in [5.41, 5.74) is 1.32. The molecule has 31 heavy (non-hydrogen) atoms. The Labute approximate surface area is 181 Å². The molecule has 4 rings (SSSR count). The molecule has 1 aromatic heterocycles. The van der Waals surface area contributed by atoms with Gasteiger partial charge in [0.15, 0.2) is 0 Å². The Bertz CT molecular complexity index is 902. The van der Waals surface area contributed by atoms with Gasteiger partial charge in [-0.2, -0.15) is 0 Å². The molecule has 0 radical (unpaired) electrons. The first-order valence-electron chi connectivity index (χ1n) is 10.9. The molecule has 0 bridgehead atoms. The second-order valence-corrected chi connectivity index (χ2v) is 8.15. The van der Waals surface area contributed by atoms with Crippen LogP contribution in [0.5, 0.6) is 0 Å². The summed E-state index contributed by atoms with van der Waals surface area (Å²) in [5.74, 6) is 0.0665. The monoisotopic (exact) mass is 424 g/mol. The van der Waals surface area contributed by atoms with Crippen molar-refractivity contribution in [3.63, 3.8) is 0 Å². The lowest BCUT2D eigenvalue weighted by Gasteiger charge is -2.21. The third-order valence-corrected chi connectivity index (χ3v) is 5.81. The molecule has 2 aromatic rings. The van der Waals surface area contributed by atoms with E-state index in [1.807, 2.05) is 11.0 Å². The smallest absolute Gasteiger partial charge is 0.321 e. The number of benzene rings is 1. The average Bonchev–Trinajstić information content (AvgIpc) is 3.31. The van der Waals surface area contributed by atoms with Crippen LogP contribution in [0.15, 0.2) is 47.1 Å². The molecule has 0 spiro atoms. The van der Waals surface area contributed by atoms with E-state index in [1.165, 1.54) is 12.8 Å². The van der Waals surface area contributed by atoms with Crippen LogP contribution in [0, 0.1) is 5.92 Å². The first-order valence-corrected chi connectivity index (χ1v) is 10.9. The molecule has 0 saturated carbocycles. The Morgan fingerprint density at radius 2 is 1.65 bits per heavy atom. The molecule has 0 aliphatic carbocycles. The van der Waals surface area contributed by atoms with Gasteiger partial charge in [0.05, 0.1) is 18.7 Å². The van der Waals surface area contributed by atoms with Crippen LogP contribution in [0.25, 0.3) is 0 Å². The zero-order chi connectivity index (χ0) is 21.6. The average molecular weight is 425 g/mol. The standard InChI is InChI=1S/C23H28N4O4/c28-21-14-17(15-27(21)16-20-6-5-13-31-20)22(29)24-18-7-9-19(10-8-18)25-23(30)26-11-3-1-2-4-12-26/h5-10,13,17H,1-4,11-12,14-16H2,(H,24,29)(H,25,30). The highest BCUT2D eigenvalue weighted by atomic mass is 16.3. The molecule has 2 fully saturated rings. The van der Waals surface area contributed by atoms with Crippen LogP contribution in [0.3, 0.4) is 0 Å². The molecule has 1 aromatic carbocycles. The fourth-order valence-corrected chi connectivity index (χ4v) is 4.05. The van der Waals surface area contributed by atoms with Crippen molar-refractivity contribution in [1.82, 2.24) is 9.80 Å². The number of anilines is 2. The molecule has 8 nitrogen and oxygen atoms in total. The number of nitrogens with zero attached hydrogens (tertiary/aromatic N) is 2. The van der Waals surface area contributed by atoms with Crippen LogP contribution >= 0.6 is 0 Å². The number of likely N-dealkylation sites (tertiary alicyclic amines) is 2. The quantitative estimate of drug-likeness (QED) is 0.766. The van der Waals surface area contributed by atoms with Crippen LogP contribution in [0.4, 0.5) is 16.2 Å². The van der Waals surface area contributed by atoms with Gasteiger partial charge >= 0.3 is 6.03 Å². The number of carbonyl (C=O) groups is 3. The number of furan rings is 1. The SMILES string of the molecule is O=C(Nc1ccc(NC(=O)N2CCCCCC2)cc1)C1CC(=O)N(Cc2ccco2)C1. The van der Waals surface area contributed by atoms with Crippen LogP contribution in [-0.2, 0) is 16.1 Å². The van der Waals surface area contributed by atoms with Gasteiger partial charge in [0.25, 0.3) is 0 Å². The molecule has 2 saturated heterocycles. The molecule has 3 heterocycles. The van der Waals surface area contributed by atoms with Gasteiger partial charge in [-0.15, -0.1) is 0 Å². The normalized spacial score (nSPS) is 19.2. The Hall–Kier alpha value is -3.29. The van der Waals surface area contributed by atoms with Crippen LogP contribution < -0.4 is 10.6 Å². The van der Waals surface area contributed by atoms with Crippen LogP contribution in [0.1, 0.15) is 37.9 Å². The van der Waals surface area contributed by atoms with Crippen molar-refractivity contribution in [2.75, 3.05) is 30.3 Å². The van der Waals surface area contributed by atoms with Gasteiger partial charge in [-0.3, -0.25) is 9.59 Å². The topological polar surface area (TPSA) is 94.9 Å². The highest BCUT2D eigenvalue weighted by Gasteiger charge is 2.34. The molecule has 2 aliphatic heterocycles. The molecular formula is C23H28N4O4. The van der Waals surface area contributed by atoms with E-state index in [0.29, 0.717) is 30.2 Å². The van der Waals surface area contributed by atoms with E-state index >= 15 is 0 Å². The number of nitrogens with one attached hydrogen (secondary N) is 2. The maximum absolute atomic E-state index is 12.6. The minimum Gasteiger partial charge on any atom is -0.467 e. The minimum absolute atomic E-state index is 0.0527. The number of amides is 4. The van der Waals surface area contributed by atoms with Crippen molar-refractivity contribution in [1.29, 1.82) is 0 Å². The fraction of sp³-hybridized carbons (Fsp3) is 0.435. The summed E-state index contributed by atoms with van der Waals surface area (Å²) in [6.07, 6.45) is 6.19. The zero-order valence-corrected chi connectivity index (χ0v) is 17.5. The summed E-state index contributed by atoms with van der Waals surface area (Å²) >= 11 is 0. The number of hydrogen-bond acceptors (Lipinski definition) is 4. The largest absolute Gasteiger partial charge is 0.467 e. The third-order valence-electron chi connectivity index (χ3n) is 5.81. The van der Waals surface area contributed by atoms with E-state index in [0.717, 1.165) is 25.9 Å². The second-order valence-electron chi connectivity index (χ2n) is 8.15. The van der Waals surface area contributed by atoms with Gasteiger partial charge in [-0.25, -0.2) is 4.79 Å². The van der Waals surface area contributed by atoms with E-state index < -0.39 is 5.92 Å². The van der Waals surface area contributed by atoms with Crippen molar-refractivity contribution in [2.45, 2.75) is 38.6 Å². The third kappa shape index (κ3) is 5.45. The molecule has 2 aliphatic rings. The van der Waals surface area contributed by atoms with Gasteiger partial charge in [-0.1, -0.05) is 12.8 Å². The van der Waals surface area contributed by atoms with Crippen molar-refractivity contribution in [3.05, 3.63) is 48.4 Å². The van der Waals surface area contributed by atoms with Crippen molar-refractivity contribution < 1.29 is 18.8 Å². The Kier molecular flexibility index (Phi) is 6.54. The van der Waals surface area contributed by atoms with E-state index in [4.69, 9.17) is 4.42 Å². The van der Waals surface area contributed by atoms with Gasteiger partial charge < -0.3 is 24.9 Å². The summed E-state index contributed by atoms with van der Waals surface area (Å²) in [4.78, 5) is 40.8. The Morgan fingerprint density at radius 3 is 2.29 bits per heavy atom. The zero-order valence-electron chi connectivity index (χ0n) is 17.5. The molecule has 164 valence electrons. The predicted octanol–water partition coefficient (Wildman–Crippen LogP) is 3.67. The summed E-state index contributed by atoms with van der Waals surface area (Å²) < 4.78 is 5.29. The lowest BCUT2D eigenvalue weighted by molar-refractivity contribution is -0.128. The fourth-order valence-electron chi connectivity index (χ4n) is 4.05. The number of carbonyl (C=O) groups excluding carboxylic acids is 3. The molecule has 1 unspecified atom stereocenters. The lowest BCUT2D eigenvalue weighted by Crippen LogP contribution is -2.35. The van der Waals surface area contributed by atoms with E-state index in [2.05, 4.69) is 10.6 Å². The first kappa shape index (κ1) is 21.0. The number of rotatable bonds is 5. The highest BCUT2D eigenvalue weighted by molar-refractivity contribution is 5.97. The molecule has 8 heteroatoms. The highest BCUT2D eigenvalue weighted by Crippen LogP contribution is 2.23. The van der Waals surface area contributed by atoms with Crippen LogP contribution in [0.2, 0.25) is 0 Å². The summed E-state index contributed by atoms with van der Waals surface area (Å²) in [6, 6.07) is 10.6. The van der Waals surface area contributed by atoms with Crippen molar-refractivity contribution >= 4 is 29.2 Å². The predicted molar refractivity (Wildman–Crippen MR) is 116 cm³/mol. The lowest BCUT2D eigenvalue weighted by atomic mass is 10.1. The molecule has 4 amide bonds. The van der Waals surface area contributed by atoms with Gasteiger partial charge in [0.1, 0.15) is 5.76 Å². The Balaban J connectivity index is 1.28. The van der Waals surface area contributed by atoms with Crippen LogP contribution in [-0.4, -0.2) is 47.3 Å². The Morgan fingerprint density at radius 1 is 0.968 bits per heavy atom. The first-order chi connectivity index (χ1) is 15.1. The molecule has 1 atom stereocenters. The summed E-state index contributed by atoms with van der Waals surface area (Å²) in [7, 11) is 0. The van der Waals surface area contributed by atoms with Gasteiger partial charge in [-0.05, 0) is 49.2 Å². The minimum atomic E-state index is -0.398. The van der Waals surface area contributed by atoms with Crippen molar-refractivity contribution in [3.8, 4) is 0 Å². The molecular weight excluding hydrogens is 396 g/mol. The van der Waals surface area contributed by atoms with E-state index in [9.17, 15) is 14.4 Å². The molecule has 2 N–H and O–H groups in total. The summed E-state index contributed by atoms with van der Waals surface area (Å²) in [6.45, 7) is 2.32. The van der Waals surface area contributed by atoms with Gasteiger partial charge in [0.2, 0.25) is 11.8 Å². The van der Waals surface area contributed by atoms with E-state index in [1.54, 1.807) is 41.5 Å². The maximum Gasteiger partial charge on any atom is 0.321 e. The van der Waals surface area contributed by atoms with E-state index in [-0.39, 0.29) is 24.3 Å². The van der Waals surface area contributed by atoms with Gasteiger partial charge in [0, 0.05) is 37.4 Å². The summed E-state index contributed by atoms with van der Waals surface area (Å²) in [5, 5.41) is 5.79.